The van der Waals surface area contributed by atoms with Gasteiger partial charge in [-0.3, -0.25) is 9.36 Å². The predicted octanol–water partition coefficient (Wildman–Crippen LogP) is 1.91. The van der Waals surface area contributed by atoms with Crippen molar-refractivity contribution in [1.82, 2.24) is 19.8 Å². The van der Waals surface area contributed by atoms with E-state index in [0.29, 0.717) is 0 Å². The summed E-state index contributed by atoms with van der Waals surface area (Å²) in [6, 6.07) is 7.96. The van der Waals surface area contributed by atoms with Crippen LogP contribution < -0.4 is 11.0 Å². The fourth-order valence-electron chi connectivity index (χ4n) is 4.15. The first-order chi connectivity index (χ1) is 11.6. The van der Waals surface area contributed by atoms with Crippen LogP contribution in [0.1, 0.15) is 32.2 Å². The third kappa shape index (κ3) is 3.09. The van der Waals surface area contributed by atoms with Crippen molar-refractivity contribution in [3.63, 3.8) is 0 Å². The van der Waals surface area contributed by atoms with Gasteiger partial charge in [-0.05, 0) is 44.9 Å². The molecule has 1 aromatic carbocycles. The molecular weight excluding hydrogens is 340 g/mol. The standard InChI is InChI=1S/C18H24N4O2.ClH/c1-18(8-9-19-12-18)16(23)21-10-6-13(7-11-21)22-15-5-3-2-4-14(15)20-17(22)24;/h2-5,13,19H,6-12H2,1H3,(H,20,24);1H. The topological polar surface area (TPSA) is 70.1 Å². The lowest BCUT2D eigenvalue weighted by molar-refractivity contribution is -0.141. The van der Waals surface area contributed by atoms with Crippen molar-refractivity contribution < 1.29 is 4.79 Å². The van der Waals surface area contributed by atoms with Gasteiger partial charge in [-0.2, -0.15) is 0 Å². The van der Waals surface area contributed by atoms with Crippen LogP contribution in [0.5, 0.6) is 0 Å². The molecule has 1 aromatic heterocycles. The number of benzene rings is 1. The van der Waals surface area contributed by atoms with Crippen LogP contribution in [0.2, 0.25) is 0 Å². The number of rotatable bonds is 2. The molecule has 2 N–H and O–H groups in total. The Morgan fingerprint density at radius 1 is 1.24 bits per heavy atom. The molecule has 6 nitrogen and oxygen atoms in total. The highest BCUT2D eigenvalue weighted by Gasteiger charge is 2.40. The summed E-state index contributed by atoms with van der Waals surface area (Å²) >= 11 is 0. The van der Waals surface area contributed by atoms with Gasteiger partial charge in [0.2, 0.25) is 5.91 Å². The summed E-state index contributed by atoms with van der Waals surface area (Å²) in [4.78, 5) is 30.1. The van der Waals surface area contributed by atoms with Gasteiger partial charge < -0.3 is 15.2 Å². The molecule has 0 bridgehead atoms. The largest absolute Gasteiger partial charge is 0.342 e. The second-order valence-corrected chi connectivity index (χ2v) is 7.33. The van der Waals surface area contributed by atoms with Gasteiger partial charge in [0.15, 0.2) is 0 Å². The van der Waals surface area contributed by atoms with Crippen LogP contribution in [0.4, 0.5) is 0 Å². The summed E-state index contributed by atoms with van der Waals surface area (Å²) in [5, 5.41) is 3.29. The highest BCUT2D eigenvalue weighted by Crippen LogP contribution is 2.31. The maximum atomic E-state index is 12.8. The monoisotopic (exact) mass is 364 g/mol. The van der Waals surface area contributed by atoms with E-state index in [1.807, 2.05) is 33.7 Å². The number of hydrogen-bond donors (Lipinski definition) is 2. The van der Waals surface area contributed by atoms with E-state index < -0.39 is 0 Å². The SMILES string of the molecule is CC1(C(=O)N2CCC(n3c(=O)[nH]c4ccccc43)CC2)CCNC1.Cl. The highest BCUT2D eigenvalue weighted by molar-refractivity contribution is 5.85. The Morgan fingerprint density at radius 2 is 1.96 bits per heavy atom. The van der Waals surface area contributed by atoms with Crippen molar-refractivity contribution in [2.45, 2.75) is 32.2 Å². The van der Waals surface area contributed by atoms with Crippen molar-refractivity contribution in [1.29, 1.82) is 0 Å². The Labute approximate surface area is 153 Å². The third-order valence-electron chi connectivity index (χ3n) is 5.63. The number of para-hydroxylation sites is 2. The number of amides is 1. The Balaban J connectivity index is 0.00000182. The number of H-pyrrole nitrogens is 1. The molecule has 1 atom stereocenters. The van der Waals surface area contributed by atoms with Crippen molar-refractivity contribution in [3.8, 4) is 0 Å². The number of carbonyl (C=O) groups is 1. The average Bonchev–Trinajstić information content (AvgIpc) is 3.18. The van der Waals surface area contributed by atoms with Crippen LogP contribution >= 0.6 is 12.4 Å². The Hall–Kier alpha value is -1.79. The molecule has 1 unspecified atom stereocenters. The number of nitrogens with zero attached hydrogens (tertiary/aromatic N) is 2. The second kappa shape index (κ2) is 6.84. The van der Waals surface area contributed by atoms with Gasteiger partial charge in [0.1, 0.15) is 0 Å². The van der Waals surface area contributed by atoms with Crippen LogP contribution in [0.25, 0.3) is 11.0 Å². The molecule has 2 fully saturated rings. The average molecular weight is 365 g/mol. The fraction of sp³-hybridized carbons (Fsp3) is 0.556. The smallest absolute Gasteiger partial charge is 0.326 e. The summed E-state index contributed by atoms with van der Waals surface area (Å²) in [6.07, 6.45) is 2.57. The molecule has 25 heavy (non-hydrogen) atoms. The zero-order valence-corrected chi connectivity index (χ0v) is 15.3. The normalized spacial score (nSPS) is 24.4. The van der Waals surface area contributed by atoms with E-state index in [9.17, 15) is 9.59 Å². The molecule has 3 heterocycles. The molecule has 2 saturated heterocycles. The van der Waals surface area contributed by atoms with Crippen molar-refractivity contribution in [2.24, 2.45) is 5.41 Å². The number of carbonyl (C=O) groups excluding carboxylic acids is 1. The lowest BCUT2D eigenvalue weighted by Crippen LogP contribution is -2.47. The van der Waals surface area contributed by atoms with Crippen LogP contribution in [0.15, 0.2) is 29.1 Å². The number of piperidine rings is 1. The van der Waals surface area contributed by atoms with Crippen LogP contribution in [0, 0.1) is 5.41 Å². The molecule has 0 saturated carbocycles. The van der Waals surface area contributed by atoms with Gasteiger partial charge in [-0.15, -0.1) is 12.4 Å². The molecule has 0 spiro atoms. The van der Waals surface area contributed by atoms with E-state index in [1.165, 1.54) is 0 Å². The molecular formula is C18H25ClN4O2. The number of nitrogens with one attached hydrogen (secondary N) is 2. The minimum atomic E-state index is -0.259. The molecule has 136 valence electrons. The Kier molecular flexibility index (Phi) is 4.93. The van der Waals surface area contributed by atoms with Crippen molar-refractivity contribution in [3.05, 3.63) is 34.7 Å². The van der Waals surface area contributed by atoms with E-state index in [-0.39, 0.29) is 35.5 Å². The van der Waals surface area contributed by atoms with Gasteiger partial charge in [0.05, 0.1) is 16.4 Å². The van der Waals surface area contributed by atoms with Gasteiger partial charge in [-0.1, -0.05) is 12.1 Å². The minimum absolute atomic E-state index is 0. The molecule has 7 heteroatoms. The molecule has 0 aliphatic carbocycles. The first-order valence-electron chi connectivity index (χ1n) is 8.78. The summed E-state index contributed by atoms with van der Waals surface area (Å²) in [7, 11) is 0. The van der Waals surface area contributed by atoms with Gasteiger partial charge in [-0.25, -0.2) is 4.79 Å². The van der Waals surface area contributed by atoms with Gasteiger partial charge in [0, 0.05) is 25.7 Å². The molecule has 2 aromatic rings. The Bertz CT molecular complexity index is 814. The van der Waals surface area contributed by atoms with Crippen molar-refractivity contribution >= 4 is 29.3 Å². The van der Waals surface area contributed by atoms with Crippen LogP contribution in [-0.4, -0.2) is 46.5 Å². The van der Waals surface area contributed by atoms with Crippen molar-refractivity contribution in [2.75, 3.05) is 26.2 Å². The number of imidazole rings is 1. The van der Waals surface area contributed by atoms with Gasteiger partial charge >= 0.3 is 5.69 Å². The van der Waals surface area contributed by atoms with Gasteiger partial charge in [0.25, 0.3) is 0 Å². The lowest BCUT2D eigenvalue weighted by Gasteiger charge is -2.37. The summed E-state index contributed by atoms with van der Waals surface area (Å²) < 4.78 is 1.87. The van der Waals surface area contributed by atoms with Crippen LogP contribution in [-0.2, 0) is 4.79 Å². The number of fused-ring (bicyclic) bond motifs is 1. The van der Waals surface area contributed by atoms with E-state index in [1.54, 1.807) is 0 Å². The maximum Gasteiger partial charge on any atom is 0.326 e. The number of hydrogen-bond acceptors (Lipinski definition) is 3. The number of aromatic amines is 1. The molecule has 2 aliphatic heterocycles. The molecule has 1 amide bonds. The van der Waals surface area contributed by atoms with E-state index >= 15 is 0 Å². The maximum absolute atomic E-state index is 12.8. The summed E-state index contributed by atoms with van der Waals surface area (Å²) in [6.45, 7) is 5.21. The van der Waals surface area contributed by atoms with E-state index in [4.69, 9.17) is 0 Å². The second-order valence-electron chi connectivity index (χ2n) is 7.33. The molecule has 2 aliphatic rings. The van der Waals surface area contributed by atoms with E-state index in [0.717, 1.165) is 56.5 Å². The summed E-state index contributed by atoms with van der Waals surface area (Å²) in [5.74, 6) is 0.261. The third-order valence-corrected chi connectivity index (χ3v) is 5.63. The fourth-order valence-corrected chi connectivity index (χ4v) is 4.15. The van der Waals surface area contributed by atoms with E-state index in [2.05, 4.69) is 17.2 Å². The number of halogens is 1. The minimum Gasteiger partial charge on any atom is -0.342 e. The zero-order valence-electron chi connectivity index (χ0n) is 14.5. The highest BCUT2D eigenvalue weighted by atomic mass is 35.5. The quantitative estimate of drug-likeness (QED) is 0.855. The predicted molar refractivity (Wildman–Crippen MR) is 100 cm³/mol. The molecule has 0 radical (unpaired) electrons. The number of aromatic nitrogens is 2. The lowest BCUT2D eigenvalue weighted by atomic mass is 9.87. The first kappa shape index (κ1) is 18.0. The molecule has 4 rings (SSSR count). The summed E-state index contributed by atoms with van der Waals surface area (Å²) in [5.41, 5.74) is 1.53. The zero-order chi connectivity index (χ0) is 16.7. The number of likely N-dealkylation sites (tertiary alicyclic amines) is 1. The Morgan fingerprint density at radius 3 is 2.64 bits per heavy atom. The van der Waals surface area contributed by atoms with Crippen LogP contribution in [0.3, 0.4) is 0 Å². The first-order valence-corrected chi connectivity index (χ1v) is 8.78.